The van der Waals surface area contributed by atoms with Gasteiger partial charge >= 0.3 is 0 Å². The largest absolute Gasteiger partial charge is 0.355 e. The van der Waals surface area contributed by atoms with Crippen LogP contribution in [-0.4, -0.2) is 29.4 Å². The Morgan fingerprint density at radius 2 is 2.10 bits per heavy atom. The van der Waals surface area contributed by atoms with Gasteiger partial charge in [-0.05, 0) is 57.4 Å². The molecule has 112 valence electrons. The molecule has 0 spiro atoms. The third-order valence-electron chi connectivity index (χ3n) is 4.32. The van der Waals surface area contributed by atoms with Crippen molar-refractivity contribution in [2.24, 2.45) is 0 Å². The number of nitriles is 1. The van der Waals surface area contributed by atoms with Crippen LogP contribution in [0, 0.1) is 11.3 Å². The molecule has 1 aliphatic rings. The summed E-state index contributed by atoms with van der Waals surface area (Å²) in [4.78, 5) is 14.7. The number of amides is 1. The highest BCUT2D eigenvalue weighted by molar-refractivity contribution is 5.85. The van der Waals surface area contributed by atoms with Crippen molar-refractivity contribution >= 4 is 5.91 Å². The van der Waals surface area contributed by atoms with E-state index in [2.05, 4.69) is 16.3 Å². The predicted octanol–water partition coefficient (Wildman–Crippen LogP) is 2.44. The molecule has 1 fully saturated rings. The highest BCUT2D eigenvalue weighted by Gasteiger charge is 2.40. The molecule has 0 aromatic heterocycles. The Morgan fingerprint density at radius 1 is 1.38 bits per heavy atom. The fourth-order valence-electron chi connectivity index (χ4n) is 2.94. The Hall–Kier alpha value is -1.86. The van der Waals surface area contributed by atoms with Crippen LogP contribution in [0.15, 0.2) is 24.3 Å². The van der Waals surface area contributed by atoms with Gasteiger partial charge in [0.05, 0.1) is 17.2 Å². The number of hydrogen-bond donors (Lipinski definition) is 1. The molecule has 1 heterocycles. The number of likely N-dealkylation sites (N-methyl/N-ethyl adjacent to an activating group) is 1. The van der Waals surface area contributed by atoms with E-state index in [0.717, 1.165) is 37.9 Å². The van der Waals surface area contributed by atoms with Crippen molar-refractivity contribution in [2.75, 3.05) is 13.1 Å². The van der Waals surface area contributed by atoms with Crippen LogP contribution in [0.4, 0.5) is 0 Å². The van der Waals surface area contributed by atoms with Crippen molar-refractivity contribution in [3.8, 4) is 6.07 Å². The van der Waals surface area contributed by atoms with Gasteiger partial charge in [-0.2, -0.15) is 5.26 Å². The smallest absolute Gasteiger partial charge is 0.240 e. The number of nitrogens with zero attached hydrogens (tertiary/aromatic N) is 2. The zero-order chi connectivity index (χ0) is 15.3. The maximum Gasteiger partial charge on any atom is 0.240 e. The Labute approximate surface area is 126 Å². The average Bonchev–Trinajstić information content (AvgIpc) is 2.50. The molecule has 2 rings (SSSR count). The van der Waals surface area contributed by atoms with Crippen LogP contribution in [0.5, 0.6) is 0 Å². The number of likely N-dealkylation sites (tertiary alicyclic amines) is 1. The number of carbonyl (C=O) groups is 1. The second-order valence-electron chi connectivity index (χ2n) is 5.82. The zero-order valence-electron chi connectivity index (χ0n) is 12.9. The third-order valence-corrected chi connectivity index (χ3v) is 4.32. The van der Waals surface area contributed by atoms with Gasteiger partial charge in [0.25, 0.3) is 0 Å². The number of hydrogen-bond acceptors (Lipinski definition) is 3. The number of nitrogens with one attached hydrogen (secondary N) is 1. The first-order valence-electron chi connectivity index (χ1n) is 7.62. The van der Waals surface area contributed by atoms with Gasteiger partial charge in [-0.1, -0.05) is 12.1 Å². The van der Waals surface area contributed by atoms with E-state index < -0.39 is 5.54 Å². The van der Waals surface area contributed by atoms with Gasteiger partial charge in [0, 0.05) is 13.1 Å². The number of carbonyl (C=O) groups excluding carboxylic acids is 1. The second-order valence-corrected chi connectivity index (χ2v) is 5.82. The van der Waals surface area contributed by atoms with Crippen LogP contribution < -0.4 is 5.32 Å². The minimum absolute atomic E-state index is 0.123. The molecule has 1 atom stereocenters. The number of piperidine rings is 1. The first kappa shape index (κ1) is 15.5. The molecule has 1 aromatic rings. The van der Waals surface area contributed by atoms with E-state index in [0.29, 0.717) is 12.1 Å². The average molecular weight is 285 g/mol. The molecule has 1 aliphatic heterocycles. The van der Waals surface area contributed by atoms with E-state index in [1.54, 1.807) is 0 Å². The summed E-state index contributed by atoms with van der Waals surface area (Å²) in [5.74, 6) is 0.123. The molecular weight excluding hydrogens is 262 g/mol. The molecule has 1 N–H and O–H groups in total. The molecule has 0 aliphatic carbocycles. The summed E-state index contributed by atoms with van der Waals surface area (Å²) in [5, 5.41) is 11.8. The van der Waals surface area contributed by atoms with E-state index in [1.807, 2.05) is 38.1 Å². The summed E-state index contributed by atoms with van der Waals surface area (Å²) in [7, 11) is 0. The maximum atomic E-state index is 12.4. The summed E-state index contributed by atoms with van der Waals surface area (Å²) in [6, 6.07) is 9.76. The predicted molar refractivity (Wildman–Crippen MR) is 82.5 cm³/mol. The lowest BCUT2D eigenvalue weighted by molar-refractivity contribution is -0.135. The van der Waals surface area contributed by atoms with Gasteiger partial charge in [-0.25, -0.2) is 0 Å². The fourth-order valence-corrected chi connectivity index (χ4v) is 2.94. The molecule has 0 bridgehead atoms. The van der Waals surface area contributed by atoms with Crippen LogP contribution in [0.2, 0.25) is 0 Å². The van der Waals surface area contributed by atoms with Gasteiger partial charge < -0.3 is 5.32 Å². The maximum absolute atomic E-state index is 12.4. The van der Waals surface area contributed by atoms with Gasteiger partial charge in [0.15, 0.2) is 0 Å². The van der Waals surface area contributed by atoms with Crippen molar-refractivity contribution in [1.29, 1.82) is 5.26 Å². The summed E-state index contributed by atoms with van der Waals surface area (Å²) in [6.07, 6.45) is 3.12. The third kappa shape index (κ3) is 3.43. The molecular formula is C17H23N3O. The molecule has 1 unspecified atom stereocenters. The van der Waals surface area contributed by atoms with Crippen molar-refractivity contribution in [2.45, 2.75) is 45.2 Å². The highest BCUT2D eigenvalue weighted by Crippen LogP contribution is 2.29. The van der Waals surface area contributed by atoms with E-state index in [9.17, 15) is 4.79 Å². The molecule has 0 saturated carbocycles. The van der Waals surface area contributed by atoms with Crippen molar-refractivity contribution < 1.29 is 4.79 Å². The number of benzene rings is 1. The van der Waals surface area contributed by atoms with E-state index >= 15 is 0 Å². The monoisotopic (exact) mass is 285 g/mol. The lowest BCUT2D eigenvalue weighted by atomic mass is 9.87. The van der Waals surface area contributed by atoms with Crippen molar-refractivity contribution in [3.05, 3.63) is 35.4 Å². The minimum Gasteiger partial charge on any atom is -0.355 e. The molecule has 4 heteroatoms. The minimum atomic E-state index is -0.428. The standard InChI is InChI=1S/C17H23N3O/c1-3-19-16(21)17(2)10-4-5-11-20(17)13-15-8-6-14(12-18)7-9-15/h6-9H,3-5,10-11,13H2,1-2H3,(H,19,21). The van der Waals surface area contributed by atoms with E-state index in [1.165, 1.54) is 0 Å². The van der Waals surface area contributed by atoms with Crippen LogP contribution in [0.25, 0.3) is 0 Å². The zero-order valence-corrected chi connectivity index (χ0v) is 12.9. The Morgan fingerprint density at radius 3 is 2.71 bits per heavy atom. The fraction of sp³-hybridized carbons (Fsp3) is 0.529. The molecule has 21 heavy (non-hydrogen) atoms. The molecule has 1 aromatic carbocycles. The van der Waals surface area contributed by atoms with E-state index in [4.69, 9.17) is 5.26 Å². The van der Waals surface area contributed by atoms with Crippen LogP contribution >= 0.6 is 0 Å². The summed E-state index contributed by atoms with van der Waals surface area (Å²) in [5.41, 5.74) is 1.39. The Bertz CT molecular complexity index is 532. The summed E-state index contributed by atoms with van der Waals surface area (Å²) < 4.78 is 0. The molecule has 4 nitrogen and oxygen atoms in total. The molecule has 1 saturated heterocycles. The van der Waals surface area contributed by atoms with Crippen LogP contribution in [0.3, 0.4) is 0 Å². The Kier molecular flexibility index (Phi) is 4.98. The Balaban J connectivity index is 2.14. The van der Waals surface area contributed by atoms with E-state index in [-0.39, 0.29) is 5.91 Å². The highest BCUT2D eigenvalue weighted by atomic mass is 16.2. The molecule has 0 radical (unpaired) electrons. The first-order valence-corrected chi connectivity index (χ1v) is 7.62. The normalized spacial score (nSPS) is 22.5. The summed E-state index contributed by atoms with van der Waals surface area (Å²) >= 11 is 0. The second kappa shape index (κ2) is 6.73. The molecule has 1 amide bonds. The topological polar surface area (TPSA) is 56.1 Å². The lowest BCUT2D eigenvalue weighted by Gasteiger charge is -2.43. The summed E-state index contributed by atoms with van der Waals surface area (Å²) in [6.45, 7) is 6.35. The van der Waals surface area contributed by atoms with Crippen molar-refractivity contribution in [1.82, 2.24) is 10.2 Å². The van der Waals surface area contributed by atoms with Crippen LogP contribution in [-0.2, 0) is 11.3 Å². The number of rotatable bonds is 4. The van der Waals surface area contributed by atoms with Gasteiger partial charge in [0.1, 0.15) is 0 Å². The van der Waals surface area contributed by atoms with Gasteiger partial charge in [0.2, 0.25) is 5.91 Å². The quantitative estimate of drug-likeness (QED) is 0.924. The van der Waals surface area contributed by atoms with Gasteiger partial charge in [-0.3, -0.25) is 9.69 Å². The lowest BCUT2D eigenvalue weighted by Crippen LogP contribution is -2.58. The van der Waals surface area contributed by atoms with Crippen molar-refractivity contribution in [3.63, 3.8) is 0 Å². The first-order chi connectivity index (χ1) is 10.1. The van der Waals surface area contributed by atoms with Gasteiger partial charge in [-0.15, -0.1) is 0 Å². The SMILES string of the molecule is CCNC(=O)C1(C)CCCCN1Cc1ccc(C#N)cc1. The van der Waals surface area contributed by atoms with Crippen LogP contribution in [0.1, 0.15) is 44.2 Å².